The van der Waals surface area contributed by atoms with Gasteiger partial charge in [-0.05, 0) is 37.9 Å². The van der Waals surface area contributed by atoms with Gasteiger partial charge in [-0.1, -0.05) is 30.1 Å². The van der Waals surface area contributed by atoms with Crippen molar-refractivity contribution in [1.82, 2.24) is 5.32 Å². The second kappa shape index (κ2) is 6.99. The van der Waals surface area contributed by atoms with Gasteiger partial charge in [-0.15, -0.1) is 0 Å². The highest BCUT2D eigenvalue weighted by Crippen LogP contribution is 2.38. The maximum Gasteiger partial charge on any atom is 0.139 e. The number of benzene rings is 1. The quantitative estimate of drug-likeness (QED) is 0.887. The molecule has 1 aromatic carbocycles. The minimum absolute atomic E-state index is 0.0353. The van der Waals surface area contributed by atoms with Gasteiger partial charge in [0.25, 0.3) is 0 Å². The van der Waals surface area contributed by atoms with Crippen molar-refractivity contribution in [2.24, 2.45) is 5.92 Å². The number of nitrogens with one attached hydrogen (secondary N) is 1. The number of rotatable bonds is 5. The molecule has 3 atom stereocenters. The van der Waals surface area contributed by atoms with Crippen LogP contribution in [0.1, 0.15) is 31.9 Å². The minimum atomic E-state index is 0.0353. The summed E-state index contributed by atoms with van der Waals surface area (Å²) in [5, 5.41) is 4.53. The average molecular weight is 318 g/mol. The standard InChI is InChI=1S/C15H21Cl2NO2/c1-4-19-13-8-11(16)10(7-12(13)17)14(18-3)15-9(2)5-6-20-15/h7-9,14-15,18H,4-6H2,1-3H3. The molecule has 1 heterocycles. The molecule has 0 radical (unpaired) electrons. The molecule has 1 aliphatic heterocycles. The number of halogens is 2. The van der Waals surface area contributed by atoms with Crippen LogP contribution >= 0.6 is 23.2 Å². The lowest BCUT2D eigenvalue weighted by atomic mass is 9.92. The zero-order valence-corrected chi connectivity index (χ0v) is 13.6. The smallest absolute Gasteiger partial charge is 0.139 e. The van der Waals surface area contributed by atoms with E-state index in [9.17, 15) is 0 Å². The van der Waals surface area contributed by atoms with Crippen LogP contribution in [0.3, 0.4) is 0 Å². The van der Waals surface area contributed by atoms with Crippen LogP contribution in [-0.2, 0) is 4.74 Å². The van der Waals surface area contributed by atoms with Gasteiger partial charge in [0, 0.05) is 17.7 Å². The maximum absolute atomic E-state index is 6.40. The lowest BCUT2D eigenvalue weighted by Crippen LogP contribution is -2.32. The summed E-state index contributed by atoms with van der Waals surface area (Å²) >= 11 is 12.7. The molecule has 112 valence electrons. The largest absolute Gasteiger partial charge is 0.492 e. The van der Waals surface area contributed by atoms with Crippen molar-refractivity contribution < 1.29 is 9.47 Å². The highest BCUT2D eigenvalue weighted by atomic mass is 35.5. The van der Waals surface area contributed by atoms with Crippen molar-refractivity contribution in [3.63, 3.8) is 0 Å². The minimum Gasteiger partial charge on any atom is -0.492 e. The van der Waals surface area contributed by atoms with Gasteiger partial charge in [-0.25, -0.2) is 0 Å². The molecule has 0 spiro atoms. The fourth-order valence-electron chi connectivity index (χ4n) is 2.69. The third-order valence-electron chi connectivity index (χ3n) is 3.77. The van der Waals surface area contributed by atoms with Gasteiger partial charge in [-0.3, -0.25) is 0 Å². The first kappa shape index (κ1) is 15.9. The number of hydrogen-bond donors (Lipinski definition) is 1. The normalized spacial score (nSPS) is 23.9. The van der Waals surface area contributed by atoms with E-state index in [1.54, 1.807) is 6.07 Å². The highest BCUT2D eigenvalue weighted by Gasteiger charge is 2.33. The number of hydrogen-bond acceptors (Lipinski definition) is 3. The van der Waals surface area contributed by atoms with E-state index in [1.165, 1.54) is 0 Å². The Labute approximate surface area is 130 Å². The highest BCUT2D eigenvalue weighted by molar-refractivity contribution is 6.34. The molecular weight excluding hydrogens is 297 g/mol. The van der Waals surface area contributed by atoms with E-state index in [0.717, 1.165) is 18.6 Å². The molecule has 1 fully saturated rings. The van der Waals surface area contributed by atoms with E-state index < -0.39 is 0 Å². The predicted molar refractivity (Wildman–Crippen MR) is 83.0 cm³/mol. The molecule has 0 aliphatic carbocycles. The topological polar surface area (TPSA) is 30.5 Å². The molecule has 1 saturated heterocycles. The monoisotopic (exact) mass is 317 g/mol. The third kappa shape index (κ3) is 3.22. The molecule has 0 aromatic heterocycles. The van der Waals surface area contributed by atoms with Crippen LogP contribution < -0.4 is 10.1 Å². The molecule has 2 rings (SSSR count). The van der Waals surface area contributed by atoms with Crippen LogP contribution in [0, 0.1) is 5.92 Å². The summed E-state index contributed by atoms with van der Waals surface area (Å²) in [7, 11) is 1.92. The summed E-state index contributed by atoms with van der Waals surface area (Å²) in [5.74, 6) is 1.12. The lowest BCUT2D eigenvalue weighted by molar-refractivity contribution is 0.0631. The van der Waals surface area contributed by atoms with E-state index in [-0.39, 0.29) is 12.1 Å². The van der Waals surface area contributed by atoms with E-state index in [0.29, 0.717) is 28.3 Å². The van der Waals surface area contributed by atoms with Crippen molar-refractivity contribution >= 4 is 23.2 Å². The van der Waals surface area contributed by atoms with E-state index in [2.05, 4.69) is 12.2 Å². The van der Waals surface area contributed by atoms with Crippen molar-refractivity contribution in [1.29, 1.82) is 0 Å². The van der Waals surface area contributed by atoms with Crippen molar-refractivity contribution in [2.75, 3.05) is 20.3 Å². The summed E-state index contributed by atoms with van der Waals surface area (Å²) in [5.41, 5.74) is 0.960. The van der Waals surface area contributed by atoms with Crippen LogP contribution in [0.15, 0.2) is 12.1 Å². The van der Waals surface area contributed by atoms with Gasteiger partial charge in [-0.2, -0.15) is 0 Å². The average Bonchev–Trinajstić information content (AvgIpc) is 2.83. The Balaban J connectivity index is 2.32. The molecule has 5 heteroatoms. The first-order valence-electron chi connectivity index (χ1n) is 6.99. The van der Waals surface area contributed by atoms with Crippen LogP contribution in [-0.4, -0.2) is 26.4 Å². The van der Waals surface area contributed by atoms with Crippen LogP contribution in [0.25, 0.3) is 0 Å². The first-order valence-corrected chi connectivity index (χ1v) is 7.74. The molecule has 0 bridgehead atoms. The Bertz CT molecular complexity index is 467. The molecule has 1 aromatic rings. The summed E-state index contributed by atoms with van der Waals surface area (Å²) in [6.07, 6.45) is 1.19. The third-order valence-corrected chi connectivity index (χ3v) is 4.39. The number of ether oxygens (including phenoxy) is 2. The maximum atomic E-state index is 6.40. The van der Waals surface area contributed by atoms with Gasteiger partial charge in [0.05, 0.1) is 23.8 Å². The van der Waals surface area contributed by atoms with Gasteiger partial charge in [0.1, 0.15) is 5.75 Å². The molecule has 0 saturated carbocycles. The Hall–Kier alpha value is -0.480. The summed E-state index contributed by atoms with van der Waals surface area (Å²) < 4.78 is 11.3. The first-order chi connectivity index (χ1) is 9.58. The van der Waals surface area contributed by atoms with Crippen LogP contribution in [0.5, 0.6) is 5.75 Å². The summed E-state index contributed by atoms with van der Waals surface area (Å²) in [6.45, 7) is 5.48. The Morgan fingerprint density at radius 2 is 2.15 bits per heavy atom. The SMILES string of the molecule is CCOc1cc(Cl)c(C(NC)C2OCCC2C)cc1Cl. The molecular formula is C15H21Cl2NO2. The van der Waals surface area contributed by atoms with E-state index >= 15 is 0 Å². The van der Waals surface area contributed by atoms with E-state index in [1.807, 2.05) is 20.0 Å². The summed E-state index contributed by atoms with van der Waals surface area (Å²) in [6, 6.07) is 3.70. The van der Waals surface area contributed by atoms with Crippen LogP contribution in [0.2, 0.25) is 10.0 Å². The number of likely N-dealkylation sites (N-methyl/N-ethyl adjacent to an activating group) is 1. The zero-order chi connectivity index (χ0) is 14.7. The fraction of sp³-hybridized carbons (Fsp3) is 0.600. The molecule has 1 aliphatic rings. The second-order valence-corrected chi connectivity index (χ2v) is 5.92. The molecule has 3 nitrogen and oxygen atoms in total. The Morgan fingerprint density at radius 1 is 1.40 bits per heavy atom. The molecule has 1 N–H and O–H groups in total. The zero-order valence-electron chi connectivity index (χ0n) is 12.1. The van der Waals surface area contributed by atoms with Crippen molar-refractivity contribution in [3.05, 3.63) is 27.7 Å². The van der Waals surface area contributed by atoms with Crippen molar-refractivity contribution in [3.8, 4) is 5.75 Å². The predicted octanol–water partition coefficient (Wildman–Crippen LogP) is 4.08. The fourth-order valence-corrected chi connectivity index (χ4v) is 3.19. The summed E-state index contributed by atoms with van der Waals surface area (Å²) in [4.78, 5) is 0. The lowest BCUT2D eigenvalue weighted by Gasteiger charge is -2.27. The van der Waals surface area contributed by atoms with Crippen LogP contribution in [0.4, 0.5) is 0 Å². The molecule has 0 amide bonds. The van der Waals surface area contributed by atoms with Gasteiger partial charge < -0.3 is 14.8 Å². The van der Waals surface area contributed by atoms with Gasteiger partial charge in [0.15, 0.2) is 0 Å². The Morgan fingerprint density at radius 3 is 2.70 bits per heavy atom. The Kier molecular flexibility index (Phi) is 5.56. The van der Waals surface area contributed by atoms with Gasteiger partial charge >= 0.3 is 0 Å². The molecule has 3 unspecified atom stereocenters. The molecule has 20 heavy (non-hydrogen) atoms. The van der Waals surface area contributed by atoms with Gasteiger partial charge in [0.2, 0.25) is 0 Å². The van der Waals surface area contributed by atoms with E-state index in [4.69, 9.17) is 32.7 Å². The van der Waals surface area contributed by atoms with Crippen molar-refractivity contribution in [2.45, 2.75) is 32.4 Å². The second-order valence-electron chi connectivity index (χ2n) is 5.10.